The Hall–Kier alpha value is -2.13. The number of amides is 1. The summed E-state index contributed by atoms with van der Waals surface area (Å²) in [6, 6.07) is 17.0. The van der Waals surface area contributed by atoms with E-state index >= 15 is 0 Å². The van der Waals surface area contributed by atoms with Gasteiger partial charge in [0.05, 0.1) is 0 Å². The van der Waals surface area contributed by atoms with Crippen molar-refractivity contribution in [2.75, 3.05) is 0 Å². The molecule has 3 nitrogen and oxygen atoms in total. The molecule has 1 saturated carbocycles. The van der Waals surface area contributed by atoms with Crippen LogP contribution in [0.5, 0.6) is 0 Å². The van der Waals surface area contributed by atoms with Crippen molar-refractivity contribution in [2.45, 2.75) is 58.5 Å². The zero-order valence-electron chi connectivity index (χ0n) is 16.1. The van der Waals surface area contributed by atoms with Crippen LogP contribution in [0.2, 0.25) is 0 Å². The van der Waals surface area contributed by atoms with Crippen LogP contribution in [0, 0.1) is 5.41 Å². The molecule has 1 amide bonds. The van der Waals surface area contributed by atoms with E-state index in [9.17, 15) is 4.79 Å². The number of rotatable bonds is 5. The predicted octanol–water partition coefficient (Wildman–Crippen LogP) is 5.07. The van der Waals surface area contributed by atoms with Gasteiger partial charge >= 0.3 is 0 Å². The Bertz CT molecular complexity index is 754. The Morgan fingerprint density at radius 3 is 2.35 bits per heavy atom. The first-order valence-electron chi connectivity index (χ1n) is 9.60. The minimum absolute atomic E-state index is 0.340. The Morgan fingerprint density at radius 1 is 1.08 bits per heavy atom. The zero-order valence-corrected chi connectivity index (χ0v) is 16.1. The van der Waals surface area contributed by atoms with E-state index in [1.54, 1.807) is 6.07 Å². The van der Waals surface area contributed by atoms with E-state index in [1.165, 1.54) is 31.2 Å². The maximum Gasteiger partial charge on any atom is 0.248 e. The summed E-state index contributed by atoms with van der Waals surface area (Å²) in [6.07, 6.45) is 5.11. The normalized spacial score (nSPS) is 18.4. The molecule has 3 heteroatoms. The van der Waals surface area contributed by atoms with Crippen molar-refractivity contribution in [2.24, 2.45) is 11.1 Å². The summed E-state index contributed by atoms with van der Waals surface area (Å²) in [5.41, 5.74) is 9.84. The standard InChI is InChI=1S/C23H30N2O/c1-16(25-21-11-13-23(2,3)14-12-21)17-7-9-18(10-8-17)19-5-4-6-20(15-19)22(24)26/h4-10,15-16,21,25H,11-14H2,1-3H3,(H2,24,26). The van der Waals surface area contributed by atoms with Gasteiger partial charge in [0, 0.05) is 17.6 Å². The number of hydrogen-bond donors (Lipinski definition) is 2. The number of carbonyl (C=O) groups excluding carboxylic acids is 1. The van der Waals surface area contributed by atoms with Crippen molar-refractivity contribution in [3.63, 3.8) is 0 Å². The summed E-state index contributed by atoms with van der Waals surface area (Å²) in [4.78, 5) is 11.4. The molecule has 1 unspecified atom stereocenters. The lowest BCUT2D eigenvalue weighted by Crippen LogP contribution is -2.36. The van der Waals surface area contributed by atoms with Crippen LogP contribution in [-0.4, -0.2) is 11.9 Å². The monoisotopic (exact) mass is 350 g/mol. The van der Waals surface area contributed by atoms with Gasteiger partial charge in [-0.1, -0.05) is 50.2 Å². The third-order valence-electron chi connectivity index (χ3n) is 5.72. The zero-order chi connectivity index (χ0) is 18.7. The van der Waals surface area contributed by atoms with Crippen LogP contribution in [0.1, 0.15) is 68.4 Å². The Kier molecular flexibility index (Phi) is 5.47. The highest BCUT2D eigenvalue weighted by Crippen LogP contribution is 2.35. The minimum Gasteiger partial charge on any atom is -0.366 e. The second kappa shape index (κ2) is 7.63. The van der Waals surface area contributed by atoms with E-state index in [0.29, 0.717) is 23.1 Å². The number of benzene rings is 2. The summed E-state index contributed by atoms with van der Waals surface area (Å²) < 4.78 is 0. The van der Waals surface area contributed by atoms with Crippen LogP contribution in [0.3, 0.4) is 0 Å². The molecule has 1 aliphatic carbocycles. The first-order chi connectivity index (χ1) is 12.3. The van der Waals surface area contributed by atoms with E-state index in [4.69, 9.17) is 5.73 Å². The molecule has 1 aliphatic rings. The average Bonchev–Trinajstić information content (AvgIpc) is 2.63. The minimum atomic E-state index is -0.392. The van der Waals surface area contributed by atoms with Crippen LogP contribution in [0.4, 0.5) is 0 Å². The molecule has 0 spiro atoms. The van der Waals surface area contributed by atoms with E-state index < -0.39 is 5.91 Å². The van der Waals surface area contributed by atoms with E-state index in [-0.39, 0.29) is 0 Å². The van der Waals surface area contributed by atoms with Crippen LogP contribution < -0.4 is 11.1 Å². The van der Waals surface area contributed by atoms with Gasteiger partial charge in [-0.15, -0.1) is 0 Å². The first-order valence-corrected chi connectivity index (χ1v) is 9.60. The molecule has 0 aliphatic heterocycles. The number of primary amides is 1. The Balaban J connectivity index is 1.65. The third-order valence-corrected chi connectivity index (χ3v) is 5.72. The fraction of sp³-hybridized carbons (Fsp3) is 0.435. The molecule has 2 aromatic carbocycles. The van der Waals surface area contributed by atoms with Gasteiger partial charge in [-0.05, 0) is 66.8 Å². The van der Waals surface area contributed by atoms with Gasteiger partial charge in [0.25, 0.3) is 0 Å². The smallest absolute Gasteiger partial charge is 0.248 e. The highest BCUT2D eigenvalue weighted by Gasteiger charge is 2.27. The molecular weight excluding hydrogens is 320 g/mol. The molecule has 3 rings (SSSR count). The summed E-state index contributed by atoms with van der Waals surface area (Å²) in [6.45, 7) is 6.99. The lowest BCUT2D eigenvalue weighted by atomic mass is 9.75. The summed E-state index contributed by atoms with van der Waals surface area (Å²) >= 11 is 0. The predicted molar refractivity (Wildman–Crippen MR) is 108 cm³/mol. The highest BCUT2D eigenvalue weighted by atomic mass is 16.1. The van der Waals surface area contributed by atoms with Gasteiger partial charge in [-0.2, -0.15) is 0 Å². The molecule has 0 bridgehead atoms. The van der Waals surface area contributed by atoms with Gasteiger partial charge < -0.3 is 11.1 Å². The Morgan fingerprint density at radius 2 is 1.73 bits per heavy atom. The van der Waals surface area contributed by atoms with Gasteiger partial charge in [0.2, 0.25) is 5.91 Å². The maximum atomic E-state index is 11.4. The van der Waals surface area contributed by atoms with Crippen molar-refractivity contribution < 1.29 is 4.79 Å². The summed E-state index contributed by atoms with van der Waals surface area (Å²) in [5.74, 6) is -0.392. The van der Waals surface area contributed by atoms with Gasteiger partial charge in [-0.25, -0.2) is 0 Å². The summed E-state index contributed by atoms with van der Waals surface area (Å²) in [5, 5.41) is 3.79. The fourth-order valence-corrected chi connectivity index (χ4v) is 3.83. The third kappa shape index (κ3) is 4.53. The van der Waals surface area contributed by atoms with Gasteiger partial charge in [0.15, 0.2) is 0 Å². The van der Waals surface area contributed by atoms with Crippen molar-refractivity contribution in [3.8, 4) is 11.1 Å². The molecule has 3 N–H and O–H groups in total. The van der Waals surface area contributed by atoms with Crippen molar-refractivity contribution in [3.05, 3.63) is 59.7 Å². The Labute approximate surface area is 157 Å². The topological polar surface area (TPSA) is 55.1 Å². The van der Waals surface area contributed by atoms with Gasteiger partial charge in [0.1, 0.15) is 0 Å². The highest BCUT2D eigenvalue weighted by molar-refractivity contribution is 5.94. The molecule has 138 valence electrons. The van der Waals surface area contributed by atoms with Crippen LogP contribution in [-0.2, 0) is 0 Å². The average molecular weight is 351 g/mol. The van der Waals surface area contributed by atoms with Gasteiger partial charge in [-0.3, -0.25) is 4.79 Å². The summed E-state index contributed by atoms with van der Waals surface area (Å²) in [7, 11) is 0. The quantitative estimate of drug-likeness (QED) is 0.791. The fourth-order valence-electron chi connectivity index (χ4n) is 3.83. The lowest BCUT2D eigenvalue weighted by Gasteiger charge is -2.36. The van der Waals surface area contributed by atoms with Crippen LogP contribution in [0.25, 0.3) is 11.1 Å². The molecule has 0 saturated heterocycles. The molecular formula is C23H30N2O. The first kappa shape index (κ1) is 18.7. The number of nitrogens with one attached hydrogen (secondary N) is 1. The molecule has 1 atom stereocenters. The molecule has 1 fully saturated rings. The van der Waals surface area contributed by atoms with E-state index in [0.717, 1.165) is 11.1 Å². The number of hydrogen-bond acceptors (Lipinski definition) is 2. The molecule has 26 heavy (non-hydrogen) atoms. The van der Waals surface area contributed by atoms with E-state index in [1.807, 2.05) is 18.2 Å². The van der Waals surface area contributed by atoms with Crippen molar-refractivity contribution in [1.29, 1.82) is 0 Å². The molecule has 0 radical (unpaired) electrons. The number of nitrogens with two attached hydrogens (primary N) is 1. The molecule has 0 aromatic heterocycles. The second-order valence-electron chi connectivity index (χ2n) is 8.39. The second-order valence-corrected chi connectivity index (χ2v) is 8.39. The molecule has 2 aromatic rings. The largest absolute Gasteiger partial charge is 0.366 e. The number of carbonyl (C=O) groups is 1. The maximum absolute atomic E-state index is 11.4. The van der Waals surface area contributed by atoms with Crippen LogP contribution >= 0.6 is 0 Å². The van der Waals surface area contributed by atoms with E-state index in [2.05, 4.69) is 50.4 Å². The van der Waals surface area contributed by atoms with Crippen LogP contribution in [0.15, 0.2) is 48.5 Å². The van der Waals surface area contributed by atoms with Crippen molar-refractivity contribution >= 4 is 5.91 Å². The van der Waals surface area contributed by atoms with Crippen molar-refractivity contribution in [1.82, 2.24) is 5.32 Å². The SMILES string of the molecule is CC(NC1CCC(C)(C)CC1)c1ccc(-c2cccc(C(N)=O)c2)cc1. The molecule has 0 heterocycles. The lowest BCUT2D eigenvalue weighted by molar-refractivity contribution is 0.100.